The molecule has 2 aromatic rings. The fraction of sp³-hybridized carbons (Fsp3) is 0.500. The van der Waals surface area contributed by atoms with Crippen LogP contribution in [0.4, 0.5) is 5.82 Å². The minimum Gasteiger partial charge on any atom is -0.373 e. The number of anilines is 1. The molecule has 7 heteroatoms. The van der Waals surface area contributed by atoms with Gasteiger partial charge in [0.2, 0.25) is 0 Å². The Hall–Kier alpha value is -2.02. The Labute approximate surface area is 111 Å². The van der Waals surface area contributed by atoms with Crippen molar-refractivity contribution in [1.82, 2.24) is 29.6 Å². The van der Waals surface area contributed by atoms with E-state index < -0.39 is 0 Å². The first-order chi connectivity index (χ1) is 9.24. The van der Waals surface area contributed by atoms with E-state index in [-0.39, 0.29) is 0 Å². The summed E-state index contributed by atoms with van der Waals surface area (Å²) in [4.78, 5) is 11.3. The van der Waals surface area contributed by atoms with Gasteiger partial charge in [-0.05, 0) is 6.92 Å². The monoisotopic (exact) mass is 259 g/mol. The number of nitrogens with one attached hydrogen (secondary N) is 1. The zero-order valence-electron chi connectivity index (χ0n) is 11.2. The number of hydrogen-bond donors (Lipinski definition) is 1. The maximum absolute atomic E-state index is 4.48. The van der Waals surface area contributed by atoms with Gasteiger partial charge in [0.05, 0.1) is 13.1 Å². The standard InChI is InChI=1S/C12H17N7/c1-9-5-10(13-2)16-11(15-9)6-18-3-4-19-8-14-17-12(19)7-18/h5,8H,3-4,6-7H2,1-2H3,(H,13,15,16). The summed E-state index contributed by atoms with van der Waals surface area (Å²) in [5, 5.41) is 11.1. The molecule has 0 aromatic carbocycles. The predicted molar refractivity (Wildman–Crippen MR) is 70.5 cm³/mol. The Kier molecular flexibility index (Phi) is 3.12. The Morgan fingerprint density at radius 3 is 3.05 bits per heavy atom. The molecule has 19 heavy (non-hydrogen) atoms. The molecule has 2 aromatic heterocycles. The quantitative estimate of drug-likeness (QED) is 0.862. The van der Waals surface area contributed by atoms with Gasteiger partial charge in [-0.25, -0.2) is 9.97 Å². The average Bonchev–Trinajstić information content (AvgIpc) is 2.85. The maximum atomic E-state index is 4.48. The van der Waals surface area contributed by atoms with E-state index in [2.05, 4.69) is 34.9 Å². The van der Waals surface area contributed by atoms with Gasteiger partial charge in [-0.2, -0.15) is 0 Å². The van der Waals surface area contributed by atoms with Crippen LogP contribution in [0.1, 0.15) is 17.3 Å². The second-order valence-electron chi connectivity index (χ2n) is 4.71. The summed E-state index contributed by atoms with van der Waals surface area (Å²) in [6.45, 7) is 5.42. The Morgan fingerprint density at radius 1 is 1.32 bits per heavy atom. The first-order valence-corrected chi connectivity index (χ1v) is 6.36. The molecule has 0 radical (unpaired) electrons. The van der Waals surface area contributed by atoms with Crippen molar-refractivity contribution in [3.05, 3.63) is 29.7 Å². The van der Waals surface area contributed by atoms with Gasteiger partial charge in [-0.3, -0.25) is 4.90 Å². The molecule has 3 heterocycles. The Bertz CT molecular complexity index is 577. The highest BCUT2D eigenvalue weighted by Gasteiger charge is 2.18. The average molecular weight is 259 g/mol. The molecule has 100 valence electrons. The molecule has 0 saturated heterocycles. The van der Waals surface area contributed by atoms with E-state index in [0.717, 1.165) is 49.3 Å². The minimum atomic E-state index is 0.739. The summed E-state index contributed by atoms with van der Waals surface area (Å²) < 4.78 is 2.09. The van der Waals surface area contributed by atoms with Crippen molar-refractivity contribution in [1.29, 1.82) is 0 Å². The lowest BCUT2D eigenvalue weighted by atomic mass is 10.3. The van der Waals surface area contributed by atoms with Gasteiger partial charge in [0.1, 0.15) is 23.8 Å². The minimum absolute atomic E-state index is 0.739. The first-order valence-electron chi connectivity index (χ1n) is 6.36. The highest BCUT2D eigenvalue weighted by atomic mass is 15.3. The fourth-order valence-electron chi connectivity index (χ4n) is 2.28. The number of aromatic nitrogens is 5. The van der Waals surface area contributed by atoms with E-state index in [1.807, 2.05) is 20.0 Å². The maximum Gasteiger partial charge on any atom is 0.147 e. The van der Waals surface area contributed by atoms with Crippen molar-refractivity contribution < 1.29 is 0 Å². The number of rotatable bonds is 3. The van der Waals surface area contributed by atoms with Crippen LogP contribution in [0.5, 0.6) is 0 Å². The molecule has 0 saturated carbocycles. The molecule has 1 aliphatic rings. The summed E-state index contributed by atoms with van der Waals surface area (Å²) in [5.74, 6) is 2.72. The Balaban J connectivity index is 1.74. The summed E-state index contributed by atoms with van der Waals surface area (Å²) in [6.07, 6.45) is 1.79. The van der Waals surface area contributed by atoms with Crippen LogP contribution in [-0.2, 0) is 19.6 Å². The molecular formula is C12H17N7. The van der Waals surface area contributed by atoms with Gasteiger partial charge in [0, 0.05) is 31.9 Å². The van der Waals surface area contributed by atoms with E-state index in [1.165, 1.54) is 0 Å². The third-order valence-corrected chi connectivity index (χ3v) is 3.24. The lowest BCUT2D eigenvalue weighted by Crippen LogP contribution is -2.33. The van der Waals surface area contributed by atoms with Crippen molar-refractivity contribution in [2.45, 2.75) is 26.6 Å². The van der Waals surface area contributed by atoms with Crippen LogP contribution in [0.2, 0.25) is 0 Å². The third kappa shape index (κ3) is 2.55. The van der Waals surface area contributed by atoms with Crippen LogP contribution >= 0.6 is 0 Å². The van der Waals surface area contributed by atoms with Crippen LogP contribution in [0.15, 0.2) is 12.4 Å². The van der Waals surface area contributed by atoms with Gasteiger partial charge in [0.25, 0.3) is 0 Å². The highest BCUT2D eigenvalue weighted by Crippen LogP contribution is 2.13. The summed E-state index contributed by atoms with van der Waals surface area (Å²) in [5.41, 5.74) is 0.981. The van der Waals surface area contributed by atoms with E-state index in [9.17, 15) is 0 Å². The van der Waals surface area contributed by atoms with Gasteiger partial charge in [-0.15, -0.1) is 10.2 Å². The second-order valence-corrected chi connectivity index (χ2v) is 4.71. The zero-order chi connectivity index (χ0) is 13.2. The lowest BCUT2D eigenvalue weighted by Gasteiger charge is -2.26. The van der Waals surface area contributed by atoms with Crippen molar-refractivity contribution in [2.24, 2.45) is 0 Å². The largest absolute Gasteiger partial charge is 0.373 e. The van der Waals surface area contributed by atoms with Crippen LogP contribution in [0, 0.1) is 6.92 Å². The fourth-order valence-corrected chi connectivity index (χ4v) is 2.28. The zero-order valence-corrected chi connectivity index (χ0v) is 11.2. The van der Waals surface area contributed by atoms with E-state index in [1.54, 1.807) is 6.33 Å². The first kappa shape index (κ1) is 12.0. The van der Waals surface area contributed by atoms with Crippen LogP contribution < -0.4 is 5.32 Å². The number of aryl methyl sites for hydroxylation is 1. The van der Waals surface area contributed by atoms with Crippen molar-refractivity contribution in [3.63, 3.8) is 0 Å². The van der Waals surface area contributed by atoms with Gasteiger partial charge < -0.3 is 9.88 Å². The molecule has 0 unspecified atom stereocenters. The second kappa shape index (κ2) is 4.93. The topological polar surface area (TPSA) is 71.8 Å². The number of nitrogens with zero attached hydrogens (tertiary/aromatic N) is 6. The van der Waals surface area contributed by atoms with Crippen molar-refractivity contribution in [3.8, 4) is 0 Å². The van der Waals surface area contributed by atoms with Crippen molar-refractivity contribution in [2.75, 3.05) is 18.9 Å². The normalized spacial score (nSPS) is 15.3. The molecule has 0 fully saturated rings. The van der Waals surface area contributed by atoms with Crippen LogP contribution in [0.3, 0.4) is 0 Å². The van der Waals surface area contributed by atoms with Crippen molar-refractivity contribution >= 4 is 5.82 Å². The SMILES string of the molecule is CNc1cc(C)nc(CN2CCn3cnnc3C2)n1. The van der Waals surface area contributed by atoms with Gasteiger partial charge >= 0.3 is 0 Å². The number of hydrogen-bond acceptors (Lipinski definition) is 6. The molecule has 0 atom stereocenters. The van der Waals surface area contributed by atoms with E-state index in [4.69, 9.17) is 0 Å². The molecule has 0 amide bonds. The highest BCUT2D eigenvalue weighted by molar-refractivity contribution is 5.34. The molecule has 7 nitrogen and oxygen atoms in total. The molecule has 1 N–H and O–H groups in total. The molecule has 1 aliphatic heterocycles. The Morgan fingerprint density at radius 2 is 2.21 bits per heavy atom. The molecule has 3 rings (SSSR count). The van der Waals surface area contributed by atoms with E-state index >= 15 is 0 Å². The van der Waals surface area contributed by atoms with Crippen LogP contribution in [0.25, 0.3) is 0 Å². The van der Waals surface area contributed by atoms with Gasteiger partial charge in [-0.1, -0.05) is 0 Å². The van der Waals surface area contributed by atoms with E-state index in [0.29, 0.717) is 0 Å². The number of fused-ring (bicyclic) bond motifs is 1. The third-order valence-electron chi connectivity index (χ3n) is 3.24. The smallest absolute Gasteiger partial charge is 0.147 e. The summed E-state index contributed by atoms with van der Waals surface area (Å²) in [6, 6.07) is 1.94. The summed E-state index contributed by atoms with van der Waals surface area (Å²) in [7, 11) is 1.87. The predicted octanol–water partition coefficient (Wildman–Crippen LogP) is 0.434. The lowest BCUT2D eigenvalue weighted by molar-refractivity contribution is 0.204. The summed E-state index contributed by atoms with van der Waals surface area (Å²) >= 11 is 0. The molecular weight excluding hydrogens is 242 g/mol. The van der Waals surface area contributed by atoms with Gasteiger partial charge in [0.15, 0.2) is 0 Å². The molecule has 0 bridgehead atoms. The molecule has 0 aliphatic carbocycles. The van der Waals surface area contributed by atoms with Crippen LogP contribution in [-0.4, -0.2) is 43.2 Å². The molecule has 0 spiro atoms.